The van der Waals surface area contributed by atoms with E-state index in [0.29, 0.717) is 0 Å². The van der Waals surface area contributed by atoms with Crippen LogP contribution in [0.5, 0.6) is 0 Å². The molecule has 1 aliphatic rings. The molecule has 0 N–H and O–H groups in total. The Hall–Kier alpha value is -2.24. The van der Waals surface area contributed by atoms with Crippen LogP contribution in [0.15, 0.2) is 60.7 Å². The number of hydrogen-bond acceptors (Lipinski definition) is 2. The van der Waals surface area contributed by atoms with Gasteiger partial charge < -0.3 is 0 Å². The summed E-state index contributed by atoms with van der Waals surface area (Å²) < 4.78 is 6.17. The molecule has 0 nitrogen and oxygen atoms in total. The summed E-state index contributed by atoms with van der Waals surface area (Å²) in [5.74, 6) is 14.4. The standard InChI is InChI=1S/C40H44S2.2C4H9.Sn/c1-3-5-7-9-11-13-15-37-29-31-39(41-37)27-21-33-17-23-35(24-18-33)36-25-19-34(20-26-36)22-28-40-32-30-38(42-40)16-14-12-10-8-6-4-2;2*1-3-4-2;/h17-20,23,25,29-32H,3-16H2,1-2H3;2*1,3-4H2,2H3;. The van der Waals surface area contributed by atoms with Crippen molar-refractivity contribution in [2.45, 2.75) is 152 Å². The molecule has 3 heterocycles. The number of hydrogen-bond donors (Lipinski definition) is 0. The Kier molecular flexibility index (Phi) is 16.8. The molecule has 2 aromatic heterocycles. The van der Waals surface area contributed by atoms with E-state index in [-0.39, 0.29) is 0 Å². The number of benzene rings is 2. The number of rotatable bonds is 20. The molecule has 0 amide bonds. The molecule has 0 atom stereocenters. The predicted octanol–water partition coefficient (Wildman–Crippen LogP) is 13.6. The van der Waals surface area contributed by atoms with Crippen LogP contribution in [0.3, 0.4) is 0 Å². The molecule has 1 aliphatic heterocycles. The van der Waals surface area contributed by atoms with Gasteiger partial charge in [-0.2, -0.15) is 0 Å². The Morgan fingerprint density at radius 2 is 0.843 bits per heavy atom. The van der Waals surface area contributed by atoms with Gasteiger partial charge in [0, 0.05) is 0 Å². The van der Waals surface area contributed by atoms with E-state index >= 15 is 0 Å². The van der Waals surface area contributed by atoms with Crippen LogP contribution in [0, 0.1) is 23.7 Å². The molecule has 3 heteroatoms. The summed E-state index contributed by atoms with van der Waals surface area (Å²) in [5, 5.41) is 0. The summed E-state index contributed by atoms with van der Waals surface area (Å²) in [6.45, 7) is 9.31. The normalized spacial score (nSPS) is 12.5. The maximum atomic E-state index is 3.62. The molecule has 0 fully saturated rings. The second-order valence-corrected chi connectivity index (χ2v) is 29.3. The Morgan fingerprint density at radius 3 is 1.27 bits per heavy atom. The molecule has 2 aromatic carbocycles. The average Bonchev–Trinajstić information content (AvgIpc) is 3.88. The van der Waals surface area contributed by atoms with Crippen LogP contribution in [0.2, 0.25) is 8.87 Å². The van der Waals surface area contributed by atoms with E-state index in [1.165, 1.54) is 166 Å². The Bertz CT molecular complexity index is 1650. The molecule has 4 aromatic rings. The van der Waals surface area contributed by atoms with Gasteiger partial charge in [0.05, 0.1) is 0 Å². The van der Waals surface area contributed by atoms with Gasteiger partial charge in [0.1, 0.15) is 0 Å². The molecule has 0 saturated carbocycles. The second kappa shape index (κ2) is 21.5. The minimum atomic E-state index is -2.99. The third kappa shape index (κ3) is 11.4. The molecular formula is C48H62S2Sn. The Balaban J connectivity index is 1.34. The molecule has 0 saturated heterocycles. The molecular weight excluding hydrogens is 759 g/mol. The number of fused-ring (bicyclic) bond motifs is 3. The minimum absolute atomic E-state index is 1.19. The molecule has 0 radical (unpaired) electrons. The maximum absolute atomic E-state index is 3.62. The molecule has 270 valence electrons. The van der Waals surface area contributed by atoms with Crippen molar-refractivity contribution in [1.29, 1.82) is 0 Å². The third-order valence-corrected chi connectivity index (χ3v) is 28.1. The van der Waals surface area contributed by atoms with E-state index in [4.69, 9.17) is 0 Å². The van der Waals surface area contributed by atoms with Gasteiger partial charge in [-0.3, -0.25) is 0 Å². The first kappa shape index (κ1) is 40.0. The third-order valence-electron chi connectivity index (χ3n) is 10.8. The summed E-state index contributed by atoms with van der Waals surface area (Å²) in [5.41, 5.74) is 5.37. The van der Waals surface area contributed by atoms with Crippen molar-refractivity contribution >= 4 is 48.2 Å². The number of unbranched alkanes of at least 4 members (excludes halogenated alkanes) is 12. The van der Waals surface area contributed by atoms with Crippen molar-refractivity contribution in [3.63, 3.8) is 0 Å². The van der Waals surface area contributed by atoms with Crippen LogP contribution in [-0.4, -0.2) is 18.4 Å². The topological polar surface area (TPSA) is 0 Å². The van der Waals surface area contributed by atoms with Crippen molar-refractivity contribution in [2.75, 3.05) is 0 Å². The number of thiophene rings is 2. The molecule has 0 bridgehead atoms. The van der Waals surface area contributed by atoms with Gasteiger partial charge in [0.2, 0.25) is 0 Å². The van der Waals surface area contributed by atoms with Crippen LogP contribution >= 0.6 is 22.7 Å². The first-order valence-electron chi connectivity index (χ1n) is 20.6. The van der Waals surface area contributed by atoms with Crippen LogP contribution in [-0.2, 0) is 12.8 Å². The van der Waals surface area contributed by atoms with Crippen LogP contribution < -0.4 is 7.16 Å². The van der Waals surface area contributed by atoms with E-state index in [2.05, 4.69) is 112 Å². The molecule has 0 spiro atoms. The zero-order valence-corrected chi connectivity index (χ0v) is 36.7. The van der Waals surface area contributed by atoms with E-state index in [1.807, 2.05) is 22.7 Å². The van der Waals surface area contributed by atoms with Crippen molar-refractivity contribution in [3.05, 3.63) is 91.3 Å². The summed E-state index contributed by atoms with van der Waals surface area (Å²) in [4.78, 5) is 5.38. The Morgan fingerprint density at radius 1 is 0.431 bits per heavy atom. The van der Waals surface area contributed by atoms with E-state index in [0.717, 1.165) is 0 Å². The Labute approximate surface area is 324 Å². The fraction of sp³-hybridized carbons (Fsp3) is 0.500. The quantitative estimate of drug-likeness (QED) is 0.0473. The first-order chi connectivity index (χ1) is 25.1. The van der Waals surface area contributed by atoms with Gasteiger partial charge >= 0.3 is 274 Å². The first-order valence-corrected chi connectivity index (χ1v) is 29.1. The van der Waals surface area contributed by atoms with Crippen LogP contribution in [0.1, 0.15) is 161 Å². The molecule has 0 aliphatic carbocycles. The van der Waals surface area contributed by atoms with Gasteiger partial charge in [-0.05, 0) is 0 Å². The summed E-state index contributed by atoms with van der Waals surface area (Å²) in [6, 6.07) is 23.6. The average molecular weight is 822 g/mol. The van der Waals surface area contributed by atoms with Crippen molar-refractivity contribution in [1.82, 2.24) is 0 Å². The molecule has 5 rings (SSSR count). The SMILES string of the molecule is CCCCCCCCc1ccc(C#Cc2ccc3[c](c2)[Sn]([CH2]CCC)([CH2]CCC)[c]2cc(C#Cc4ccc(CCCCCCCC)s4)ccc2-3)s1. The summed E-state index contributed by atoms with van der Waals surface area (Å²) >= 11 is 0.803. The van der Waals surface area contributed by atoms with Crippen LogP contribution in [0.25, 0.3) is 11.1 Å². The summed E-state index contributed by atoms with van der Waals surface area (Å²) in [7, 11) is 0. The van der Waals surface area contributed by atoms with Crippen molar-refractivity contribution in [2.24, 2.45) is 0 Å². The van der Waals surface area contributed by atoms with Crippen molar-refractivity contribution in [3.8, 4) is 34.8 Å². The predicted molar refractivity (Wildman–Crippen MR) is 231 cm³/mol. The van der Waals surface area contributed by atoms with Crippen LogP contribution in [0.4, 0.5) is 0 Å². The zero-order valence-electron chi connectivity index (χ0n) is 32.2. The fourth-order valence-electron chi connectivity index (χ4n) is 7.86. The van der Waals surface area contributed by atoms with Gasteiger partial charge in [-0.1, -0.05) is 52.4 Å². The molecule has 0 unspecified atom stereocenters. The summed E-state index contributed by atoms with van der Waals surface area (Å²) in [6.07, 6.45) is 23.8. The number of aryl methyl sites for hydroxylation is 2. The van der Waals surface area contributed by atoms with E-state index in [1.54, 1.807) is 7.16 Å². The van der Waals surface area contributed by atoms with Gasteiger partial charge in [-0.15, -0.1) is 0 Å². The zero-order chi connectivity index (χ0) is 35.7. The van der Waals surface area contributed by atoms with Crippen molar-refractivity contribution < 1.29 is 0 Å². The van der Waals surface area contributed by atoms with Gasteiger partial charge in [-0.25, -0.2) is 0 Å². The second-order valence-electron chi connectivity index (χ2n) is 14.9. The fourth-order valence-corrected chi connectivity index (χ4v) is 26.4. The van der Waals surface area contributed by atoms with E-state index < -0.39 is 18.4 Å². The van der Waals surface area contributed by atoms with Gasteiger partial charge in [0.25, 0.3) is 0 Å². The van der Waals surface area contributed by atoms with E-state index in [9.17, 15) is 0 Å². The molecule has 51 heavy (non-hydrogen) atoms. The monoisotopic (exact) mass is 822 g/mol. The van der Waals surface area contributed by atoms with Gasteiger partial charge in [0.15, 0.2) is 0 Å².